The number of hydrogen-bond acceptors (Lipinski definition) is 8. The number of para-hydroxylation sites is 1. The smallest absolute Gasteiger partial charge is 0.478 e. The number of ether oxygens (including phenoxy) is 2. The first-order valence-corrected chi connectivity index (χ1v) is 15.2. The number of hydrogen-bond donors (Lipinski definition) is 1. The summed E-state index contributed by atoms with van der Waals surface area (Å²) in [5.74, 6) is -1.63. The van der Waals surface area contributed by atoms with E-state index in [1.807, 2.05) is 5.38 Å². The molecule has 2 unspecified atom stereocenters. The SMILES string of the molecule is O=C(O)c1ccc(-c2csc(N3C4CCC3CC(OCc3c(-c5ccccc5OC(F)(F)F)noc3C3CC3)C4)n2)cc1F. The third-order valence-corrected chi connectivity index (χ3v) is 9.35. The molecule has 4 aromatic rings. The summed E-state index contributed by atoms with van der Waals surface area (Å²) in [5, 5.41) is 16.0. The number of carboxylic acid groups (broad SMARTS) is 1. The highest BCUT2D eigenvalue weighted by Gasteiger charge is 2.43. The normalized spacial score (nSPS) is 21.5. The summed E-state index contributed by atoms with van der Waals surface area (Å²) in [4.78, 5) is 18.2. The topological polar surface area (TPSA) is 97.9 Å². The van der Waals surface area contributed by atoms with Crippen LogP contribution in [0.15, 0.2) is 52.4 Å². The predicted octanol–water partition coefficient (Wildman–Crippen LogP) is 7.80. The number of carbonyl (C=O) groups is 1. The zero-order valence-corrected chi connectivity index (χ0v) is 24.0. The average molecular weight is 630 g/mol. The minimum atomic E-state index is -4.84. The van der Waals surface area contributed by atoms with Crippen molar-refractivity contribution in [2.24, 2.45) is 0 Å². The molecule has 2 bridgehead atoms. The molecule has 0 spiro atoms. The molecule has 230 valence electrons. The van der Waals surface area contributed by atoms with E-state index in [1.54, 1.807) is 12.1 Å². The molecule has 2 aromatic heterocycles. The lowest BCUT2D eigenvalue weighted by atomic mass is 10.00. The van der Waals surface area contributed by atoms with E-state index in [-0.39, 0.29) is 47.6 Å². The Morgan fingerprint density at radius 2 is 1.84 bits per heavy atom. The van der Waals surface area contributed by atoms with E-state index < -0.39 is 18.1 Å². The van der Waals surface area contributed by atoms with Crippen LogP contribution in [-0.2, 0) is 11.3 Å². The van der Waals surface area contributed by atoms with Crippen LogP contribution in [0.25, 0.3) is 22.5 Å². The second kappa shape index (κ2) is 11.2. The number of benzene rings is 2. The van der Waals surface area contributed by atoms with Gasteiger partial charge in [0.2, 0.25) is 0 Å². The van der Waals surface area contributed by atoms with E-state index in [0.29, 0.717) is 28.3 Å². The van der Waals surface area contributed by atoms with Crippen molar-refractivity contribution in [3.05, 3.63) is 70.5 Å². The molecule has 3 fully saturated rings. The van der Waals surface area contributed by atoms with Crippen molar-refractivity contribution in [2.45, 2.75) is 75.6 Å². The number of piperidine rings is 1. The van der Waals surface area contributed by atoms with Crippen molar-refractivity contribution >= 4 is 22.4 Å². The lowest BCUT2D eigenvalue weighted by molar-refractivity contribution is -0.274. The number of halogens is 4. The molecule has 2 aromatic carbocycles. The molecule has 44 heavy (non-hydrogen) atoms. The highest BCUT2D eigenvalue weighted by molar-refractivity contribution is 7.14. The fourth-order valence-electron chi connectivity index (χ4n) is 6.36. The number of alkyl halides is 3. The quantitative estimate of drug-likeness (QED) is 0.187. The summed E-state index contributed by atoms with van der Waals surface area (Å²) in [5.41, 5.74) is 1.87. The average Bonchev–Trinajstić information content (AvgIpc) is 3.44. The Kier molecular flexibility index (Phi) is 7.32. The highest BCUT2D eigenvalue weighted by atomic mass is 32.1. The van der Waals surface area contributed by atoms with Crippen molar-refractivity contribution < 1.29 is 41.5 Å². The number of aromatic nitrogens is 2. The van der Waals surface area contributed by atoms with Gasteiger partial charge in [-0.2, -0.15) is 0 Å². The van der Waals surface area contributed by atoms with E-state index in [1.165, 1.54) is 41.7 Å². The van der Waals surface area contributed by atoms with Gasteiger partial charge >= 0.3 is 12.3 Å². The van der Waals surface area contributed by atoms with Crippen LogP contribution in [0.5, 0.6) is 5.75 Å². The molecule has 1 saturated carbocycles. The van der Waals surface area contributed by atoms with Crippen molar-refractivity contribution in [3.63, 3.8) is 0 Å². The Hall–Kier alpha value is -3.97. The molecule has 1 N–H and O–H groups in total. The number of rotatable bonds is 9. The van der Waals surface area contributed by atoms with Crippen LogP contribution in [0.3, 0.4) is 0 Å². The molecule has 0 radical (unpaired) electrons. The first kappa shape index (κ1) is 28.8. The molecule has 7 rings (SSSR count). The third-order valence-electron chi connectivity index (χ3n) is 8.50. The summed E-state index contributed by atoms with van der Waals surface area (Å²) in [7, 11) is 0. The zero-order chi connectivity index (χ0) is 30.6. The molecule has 4 heterocycles. The van der Waals surface area contributed by atoms with Crippen molar-refractivity contribution in [2.75, 3.05) is 4.90 Å². The molecular formula is C31H27F4N3O5S. The molecule has 8 nitrogen and oxygen atoms in total. The van der Waals surface area contributed by atoms with Gasteiger partial charge in [-0.3, -0.25) is 0 Å². The molecule has 13 heteroatoms. The van der Waals surface area contributed by atoms with Crippen molar-refractivity contribution in [1.82, 2.24) is 10.1 Å². The third kappa shape index (κ3) is 5.65. The van der Waals surface area contributed by atoms with Crippen molar-refractivity contribution in [1.29, 1.82) is 0 Å². The van der Waals surface area contributed by atoms with Crippen LogP contribution in [0.4, 0.5) is 22.7 Å². The van der Waals surface area contributed by atoms with Crippen LogP contribution in [0, 0.1) is 5.82 Å². The minimum absolute atomic E-state index is 0.0719. The summed E-state index contributed by atoms with van der Waals surface area (Å²) >= 11 is 1.47. The number of nitrogens with zero attached hydrogens (tertiary/aromatic N) is 3. The van der Waals surface area contributed by atoms with Crippen LogP contribution in [-0.4, -0.2) is 45.8 Å². The maximum Gasteiger partial charge on any atom is 0.573 e. The van der Waals surface area contributed by atoms with Gasteiger partial charge in [0.15, 0.2) is 5.13 Å². The fraction of sp³-hybridized carbons (Fsp3) is 0.387. The van der Waals surface area contributed by atoms with E-state index in [9.17, 15) is 22.4 Å². The number of anilines is 1. The van der Waals surface area contributed by atoms with E-state index >= 15 is 0 Å². The summed E-state index contributed by atoms with van der Waals surface area (Å²) in [6.07, 6.45) is 0.375. The molecule has 2 aliphatic heterocycles. The summed E-state index contributed by atoms with van der Waals surface area (Å²) < 4.78 is 70.0. The standard InChI is InChI=1S/C31H27F4N3O5S/c32-24-11-17(7-10-21(24)29(39)40)25-15-44-30(36-25)38-18-8-9-19(38)13-20(12-18)41-14-23-27(37-43-28(23)16-5-6-16)22-3-1-2-4-26(22)42-31(33,34)35/h1-4,7,10-11,15-16,18-20H,5-6,8-9,12-14H2,(H,39,40). The van der Waals surface area contributed by atoms with Crippen LogP contribution in [0.2, 0.25) is 0 Å². The van der Waals surface area contributed by atoms with Crippen LogP contribution >= 0.6 is 11.3 Å². The van der Waals surface area contributed by atoms with Gasteiger partial charge in [-0.15, -0.1) is 24.5 Å². The molecule has 2 atom stereocenters. The Morgan fingerprint density at radius 1 is 1.09 bits per heavy atom. The van der Waals surface area contributed by atoms with Gasteiger partial charge in [0.05, 0.1) is 24.0 Å². The fourth-order valence-corrected chi connectivity index (χ4v) is 7.33. The van der Waals surface area contributed by atoms with E-state index in [2.05, 4.69) is 14.8 Å². The number of carboxylic acids is 1. The molecule has 3 aliphatic rings. The maximum absolute atomic E-state index is 14.3. The van der Waals surface area contributed by atoms with Gasteiger partial charge in [0.25, 0.3) is 0 Å². The Bertz CT molecular complexity index is 1690. The molecular weight excluding hydrogens is 602 g/mol. The lowest BCUT2D eigenvalue weighted by Crippen LogP contribution is -2.45. The molecule has 0 amide bonds. The van der Waals surface area contributed by atoms with Crippen LogP contribution < -0.4 is 9.64 Å². The summed E-state index contributed by atoms with van der Waals surface area (Å²) in [6, 6.07) is 10.3. The van der Waals surface area contributed by atoms with Crippen molar-refractivity contribution in [3.8, 4) is 28.3 Å². The van der Waals surface area contributed by atoms with E-state index in [0.717, 1.165) is 43.7 Å². The molecule has 1 aliphatic carbocycles. The van der Waals surface area contributed by atoms with Gasteiger partial charge in [0.1, 0.15) is 23.0 Å². The second-order valence-electron chi connectivity index (χ2n) is 11.4. The first-order chi connectivity index (χ1) is 21.1. The predicted molar refractivity (Wildman–Crippen MR) is 152 cm³/mol. The number of thiazole rings is 1. The largest absolute Gasteiger partial charge is 0.573 e. The monoisotopic (exact) mass is 629 g/mol. The molecule has 2 saturated heterocycles. The maximum atomic E-state index is 14.3. The Morgan fingerprint density at radius 3 is 2.52 bits per heavy atom. The number of aromatic carboxylic acids is 1. The van der Waals surface area contributed by atoms with Gasteiger partial charge in [-0.25, -0.2) is 14.2 Å². The second-order valence-corrected chi connectivity index (χ2v) is 12.2. The van der Waals surface area contributed by atoms with Crippen LogP contribution in [0.1, 0.15) is 66.1 Å². The summed E-state index contributed by atoms with van der Waals surface area (Å²) in [6.45, 7) is 0.161. The Balaban J connectivity index is 1.06. The van der Waals surface area contributed by atoms with Gasteiger partial charge in [0, 0.05) is 40.1 Å². The van der Waals surface area contributed by atoms with Gasteiger partial charge < -0.3 is 24.0 Å². The first-order valence-electron chi connectivity index (χ1n) is 14.4. The highest BCUT2D eigenvalue weighted by Crippen LogP contribution is 2.47. The van der Waals surface area contributed by atoms with E-state index in [4.69, 9.17) is 19.4 Å². The minimum Gasteiger partial charge on any atom is -0.478 e. The lowest BCUT2D eigenvalue weighted by Gasteiger charge is -2.38. The zero-order valence-electron chi connectivity index (χ0n) is 23.2. The number of fused-ring (bicyclic) bond motifs is 2. The Labute approximate surface area is 253 Å². The van der Waals surface area contributed by atoms with Gasteiger partial charge in [-0.05, 0) is 62.8 Å². The van der Waals surface area contributed by atoms with Gasteiger partial charge in [-0.1, -0.05) is 23.4 Å².